The molecule has 12 saturated carbocycles. The summed E-state index contributed by atoms with van der Waals surface area (Å²) in [5.41, 5.74) is 23.6. The summed E-state index contributed by atoms with van der Waals surface area (Å²) < 4.78 is 67.5. The summed E-state index contributed by atoms with van der Waals surface area (Å²) in [6.45, 7) is 0. The zero-order valence-electron chi connectivity index (χ0n) is 36.2. The Morgan fingerprint density at radius 2 is 0.587 bits per heavy atom. The van der Waals surface area contributed by atoms with Crippen molar-refractivity contribution in [3.05, 3.63) is 88.7 Å². The quantitative estimate of drug-likeness (QED) is 0.145. The number of halogens is 3. The van der Waals surface area contributed by atoms with Gasteiger partial charge in [0.1, 0.15) is 23.2 Å². The van der Waals surface area contributed by atoms with Gasteiger partial charge in [-0.05, 0) is 205 Å². The van der Waals surface area contributed by atoms with E-state index in [1.54, 1.807) is 18.2 Å². The number of benzene rings is 4. The van der Waals surface area contributed by atoms with Gasteiger partial charge in [-0.15, -0.1) is 0 Å². The van der Waals surface area contributed by atoms with Crippen LogP contribution in [0.4, 0.5) is 30.2 Å². The van der Waals surface area contributed by atoms with Gasteiger partial charge in [0.15, 0.2) is 28.7 Å². The van der Waals surface area contributed by atoms with Crippen molar-refractivity contribution in [2.75, 3.05) is 17.2 Å². The number of rotatable bonds is 9. The summed E-state index contributed by atoms with van der Waals surface area (Å²) in [5, 5.41) is 0. The van der Waals surface area contributed by atoms with E-state index in [-0.39, 0.29) is 33.3 Å². The van der Waals surface area contributed by atoms with Crippen molar-refractivity contribution < 1.29 is 27.4 Å². The van der Waals surface area contributed by atoms with Crippen molar-refractivity contribution in [1.82, 2.24) is 0 Å². The highest BCUT2D eigenvalue weighted by Crippen LogP contribution is 2.73. The van der Waals surface area contributed by atoms with Gasteiger partial charge in [-0.3, -0.25) is 0 Å². The van der Waals surface area contributed by atoms with Crippen LogP contribution < -0.4 is 31.4 Å². The van der Waals surface area contributed by atoms with Crippen LogP contribution in [0.25, 0.3) is 0 Å². The molecule has 16 rings (SSSR count). The predicted octanol–water partition coefficient (Wildman–Crippen LogP) is 13.6. The van der Waals surface area contributed by atoms with E-state index in [1.807, 2.05) is 0 Å². The molecule has 6 nitrogen and oxygen atoms in total. The van der Waals surface area contributed by atoms with E-state index in [4.69, 9.17) is 31.4 Å². The third-order valence-electron chi connectivity index (χ3n) is 18.6. The van der Waals surface area contributed by atoms with E-state index >= 15 is 0 Å². The van der Waals surface area contributed by atoms with E-state index in [0.717, 1.165) is 69.1 Å². The Bertz CT molecular complexity index is 2450. The van der Waals surface area contributed by atoms with Crippen LogP contribution in [-0.4, -0.2) is 0 Å². The Hall–Kier alpha value is -4.53. The van der Waals surface area contributed by atoms with E-state index in [0.29, 0.717) is 82.0 Å². The largest absolute Gasteiger partial charge is 0.454 e. The molecule has 0 amide bonds. The molecule has 0 spiro atoms. The third-order valence-corrected chi connectivity index (χ3v) is 18.6. The maximum Gasteiger partial charge on any atom is 0.177 e. The van der Waals surface area contributed by atoms with Crippen molar-refractivity contribution in [3.8, 4) is 34.5 Å². The highest BCUT2D eigenvalue weighted by atomic mass is 19.1. The summed E-state index contributed by atoms with van der Waals surface area (Å²) in [6, 6.07) is 13.3. The maximum atomic E-state index is 15.0. The molecule has 12 aliphatic rings. The van der Waals surface area contributed by atoms with Crippen molar-refractivity contribution in [2.24, 2.45) is 53.3 Å². The molecule has 0 aromatic heterocycles. The van der Waals surface area contributed by atoms with Crippen LogP contribution in [0.2, 0.25) is 0 Å². The monoisotopic (exact) mass is 855 g/mol. The van der Waals surface area contributed by atoms with Crippen LogP contribution in [-0.2, 0) is 16.2 Å². The first-order chi connectivity index (χ1) is 30.4. The van der Waals surface area contributed by atoms with Gasteiger partial charge in [-0.25, -0.2) is 13.2 Å². The van der Waals surface area contributed by atoms with Gasteiger partial charge in [0, 0.05) is 51.1 Å². The average Bonchev–Trinajstić information content (AvgIpc) is 3.20. The van der Waals surface area contributed by atoms with Crippen LogP contribution in [0.5, 0.6) is 34.5 Å². The van der Waals surface area contributed by atoms with E-state index in [2.05, 4.69) is 0 Å². The molecule has 0 heterocycles. The van der Waals surface area contributed by atoms with Gasteiger partial charge >= 0.3 is 0 Å². The molecule has 0 saturated heterocycles. The van der Waals surface area contributed by atoms with Crippen LogP contribution in [0.3, 0.4) is 0 Å². The highest BCUT2D eigenvalue weighted by Gasteiger charge is 2.62. The first kappa shape index (κ1) is 38.9. The first-order valence-corrected chi connectivity index (χ1v) is 24.3. The van der Waals surface area contributed by atoms with Crippen LogP contribution in [0.1, 0.15) is 132 Å². The van der Waals surface area contributed by atoms with Gasteiger partial charge in [-0.1, -0.05) is 0 Å². The topological polar surface area (TPSA) is 106 Å². The van der Waals surface area contributed by atoms with Gasteiger partial charge in [0.2, 0.25) is 0 Å². The van der Waals surface area contributed by atoms with Crippen molar-refractivity contribution in [3.63, 3.8) is 0 Å². The Balaban J connectivity index is 1.19. The molecule has 0 atom stereocenters. The fourth-order valence-corrected chi connectivity index (χ4v) is 17.9. The van der Waals surface area contributed by atoms with Crippen molar-refractivity contribution >= 4 is 17.1 Å². The van der Waals surface area contributed by atoms with E-state index in [1.165, 1.54) is 105 Å². The summed E-state index contributed by atoms with van der Waals surface area (Å²) in [4.78, 5) is 0. The molecule has 4 aromatic carbocycles. The third kappa shape index (κ3) is 6.16. The molecule has 12 bridgehead atoms. The number of nitrogen functional groups attached to an aromatic ring is 3. The Labute approximate surface area is 368 Å². The zero-order chi connectivity index (χ0) is 42.6. The summed E-state index contributed by atoms with van der Waals surface area (Å²) in [6.07, 6.45) is 20.6. The second kappa shape index (κ2) is 13.7. The lowest BCUT2D eigenvalue weighted by Gasteiger charge is -2.62. The molecule has 4 aromatic rings. The van der Waals surface area contributed by atoms with Crippen LogP contribution in [0, 0.1) is 70.7 Å². The SMILES string of the molecule is Nc1cc(F)ccc1Oc1c(Oc2ccc(F)cc2N)c(C23CC4CC(CC(C4)C2)C3)c(C23CC4CC(CC(C4)C2)C3)c(Oc2ccc(F)cc2N)c1C12CC3CC(CC(C3)C1)C2. The lowest BCUT2D eigenvalue weighted by atomic mass is 9.43. The smallest absolute Gasteiger partial charge is 0.177 e. The molecule has 6 N–H and O–H groups in total. The van der Waals surface area contributed by atoms with Crippen molar-refractivity contribution in [2.45, 2.75) is 132 Å². The Kier molecular flexibility index (Phi) is 8.48. The van der Waals surface area contributed by atoms with Crippen molar-refractivity contribution in [1.29, 1.82) is 0 Å². The Morgan fingerprint density at radius 1 is 0.349 bits per heavy atom. The number of anilines is 3. The lowest BCUT2D eigenvalue weighted by Crippen LogP contribution is -2.53. The minimum Gasteiger partial charge on any atom is -0.454 e. The molecule has 330 valence electrons. The molecule has 9 heteroatoms. The zero-order valence-corrected chi connectivity index (χ0v) is 36.2. The molecule has 0 aliphatic heterocycles. The average molecular weight is 856 g/mol. The molecular weight excluding hydrogens is 796 g/mol. The number of ether oxygens (including phenoxy) is 3. The highest BCUT2D eigenvalue weighted by molar-refractivity contribution is 5.74. The van der Waals surface area contributed by atoms with Gasteiger partial charge in [0.25, 0.3) is 0 Å². The maximum absolute atomic E-state index is 15.0. The first-order valence-electron chi connectivity index (χ1n) is 24.3. The molecule has 12 aliphatic carbocycles. The lowest BCUT2D eigenvalue weighted by molar-refractivity contribution is -0.0205. The molecule has 0 radical (unpaired) electrons. The minimum absolute atomic E-state index is 0.186. The molecule has 12 fully saturated rings. The second-order valence-corrected chi connectivity index (χ2v) is 23.1. The fourth-order valence-electron chi connectivity index (χ4n) is 17.9. The molecule has 63 heavy (non-hydrogen) atoms. The predicted molar refractivity (Wildman–Crippen MR) is 239 cm³/mol. The number of hydrogen-bond donors (Lipinski definition) is 3. The Morgan fingerprint density at radius 3 is 0.873 bits per heavy atom. The summed E-state index contributed by atoms with van der Waals surface area (Å²) >= 11 is 0. The molecular formula is C54H60F3N3O3. The van der Waals surface area contributed by atoms with E-state index in [9.17, 15) is 13.2 Å². The summed E-state index contributed by atoms with van der Waals surface area (Å²) in [7, 11) is 0. The van der Waals surface area contributed by atoms with Gasteiger partial charge in [0.05, 0.1) is 17.1 Å². The standard InChI is InChI=1S/C54H60F3N3O3/c55-37-1-4-43(40(58)16-37)61-49-46(52-19-28-7-29(20-52)9-30(8-28)21-52)47(53-22-31-10-32(23-53)12-33(11-31)24-53)50(62-44-5-2-38(56)17-41(44)59)51(63-45-6-3-39(57)18-42(45)60)48(49)54-25-34-13-35(26-54)15-36(14-34)27-54/h1-6,16-18,28-36H,7-15,19-27,58-60H2. The fraction of sp³-hybridized carbons (Fsp3) is 0.556. The van der Waals surface area contributed by atoms with Crippen LogP contribution in [0.15, 0.2) is 54.6 Å². The van der Waals surface area contributed by atoms with E-state index < -0.39 is 17.5 Å². The number of nitrogens with two attached hydrogens (primary N) is 3. The second-order valence-electron chi connectivity index (χ2n) is 23.1. The normalized spacial score (nSPS) is 37.5. The van der Waals surface area contributed by atoms with Gasteiger partial charge in [-0.2, -0.15) is 0 Å². The molecule has 0 unspecified atom stereocenters. The van der Waals surface area contributed by atoms with Crippen LogP contribution >= 0.6 is 0 Å². The summed E-state index contributed by atoms with van der Waals surface area (Å²) in [5.74, 6) is 7.25. The number of hydrogen-bond acceptors (Lipinski definition) is 6. The minimum atomic E-state index is -0.445. The van der Waals surface area contributed by atoms with Gasteiger partial charge < -0.3 is 31.4 Å².